The highest BCUT2D eigenvalue weighted by Crippen LogP contribution is 2.33. The largest absolute Gasteiger partial charge is 0.462 e. The van der Waals surface area contributed by atoms with Gasteiger partial charge in [-0.3, -0.25) is 9.59 Å². The van der Waals surface area contributed by atoms with Crippen molar-refractivity contribution in [3.8, 4) is 0 Å². The first-order valence-electron chi connectivity index (χ1n) is 7.96. The molecule has 12 heteroatoms. The van der Waals surface area contributed by atoms with Gasteiger partial charge in [-0.25, -0.2) is 4.79 Å². The van der Waals surface area contributed by atoms with Crippen LogP contribution in [0.5, 0.6) is 0 Å². The Morgan fingerprint density at radius 2 is 1.64 bits per heavy atom. The molecule has 8 nitrogen and oxygen atoms in total. The first-order valence-corrected chi connectivity index (χ1v) is 8.78. The monoisotopic (exact) mass is 416 g/mol. The summed E-state index contributed by atoms with van der Waals surface area (Å²) in [5.74, 6) is -1.63. The lowest BCUT2D eigenvalue weighted by molar-refractivity contribution is -0.138. The molecule has 0 spiro atoms. The van der Waals surface area contributed by atoms with Crippen LogP contribution >= 0.6 is 11.3 Å². The number of carbonyl (C=O) groups excluding carboxylic acids is 3. The molecule has 2 amide bonds. The zero-order valence-corrected chi connectivity index (χ0v) is 15.3. The molecule has 0 aliphatic heterocycles. The Labute approximate surface area is 161 Å². The van der Waals surface area contributed by atoms with Crippen molar-refractivity contribution in [1.82, 2.24) is 10.2 Å². The van der Waals surface area contributed by atoms with Crippen LogP contribution in [0, 0.1) is 0 Å². The highest BCUT2D eigenvalue weighted by atomic mass is 32.1. The van der Waals surface area contributed by atoms with E-state index in [0.717, 1.165) is 0 Å². The molecule has 1 aromatic carbocycles. The highest BCUT2D eigenvalue weighted by molar-refractivity contribution is 7.15. The standard InChI is InChI=1S/C16H15F3N4O4S/c1-2-27-13(26)9-3-5-10(6-4-9)20-11(24)7-8-12(25)21-15-23-22-14(28-15)16(17,18)19/h3-6H,2,7-8H2,1H3,(H,20,24)(H,21,23,25). The van der Waals surface area contributed by atoms with Crippen LogP contribution in [0.15, 0.2) is 24.3 Å². The van der Waals surface area contributed by atoms with E-state index >= 15 is 0 Å². The van der Waals surface area contributed by atoms with E-state index in [1.807, 2.05) is 0 Å². The van der Waals surface area contributed by atoms with Gasteiger partial charge in [0.15, 0.2) is 0 Å². The molecule has 2 aromatic rings. The summed E-state index contributed by atoms with van der Waals surface area (Å²) < 4.78 is 42.1. The summed E-state index contributed by atoms with van der Waals surface area (Å²) in [6.45, 7) is 1.93. The molecule has 0 aliphatic carbocycles. The van der Waals surface area contributed by atoms with E-state index in [1.165, 1.54) is 24.3 Å². The Morgan fingerprint density at radius 3 is 2.18 bits per heavy atom. The number of alkyl halides is 3. The van der Waals surface area contributed by atoms with Crippen LogP contribution in [-0.4, -0.2) is 34.6 Å². The summed E-state index contributed by atoms with van der Waals surface area (Å²) in [6, 6.07) is 5.97. The van der Waals surface area contributed by atoms with Crippen LogP contribution in [0.3, 0.4) is 0 Å². The van der Waals surface area contributed by atoms with E-state index in [9.17, 15) is 27.6 Å². The van der Waals surface area contributed by atoms with Crippen molar-refractivity contribution in [2.24, 2.45) is 0 Å². The lowest BCUT2D eigenvalue weighted by atomic mass is 10.2. The number of carbonyl (C=O) groups is 3. The van der Waals surface area contributed by atoms with Gasteiger partial charge in [0.05, 0.1) is 12.2 Å². The molecule has 0 radical (unpaired) electrons. The molecule has 28 heavy (non-hydrogen) atoms. The molecular weight excluding hydrogens is 401 g/mol. The number of benzene rings is 1. The topological polar surface area (TPSA) is 110 Å². The van der Waals surface area contributed by atoms with Crippen molar-refractivity contribution < 1.29 is 32.3 Å². The summed E-state index contributed by atoms with van der Waals surface area (Å²) in [5.41, 5.74) is 0.743. The van der Waals surface area contributed by atoms with E-state index in [-0.39, 0.29) is 35.9 Å². The Morgan fingerprint density at radius 1 is 1.04 bits per heavy atom. The fourth-order valence-corrected chi connectivity index (χ4v) is 2.55. The summed E-state index contributed by atoms with van der Waals surface area (Å²) in [5, 5.41) is 9.40. The van der Waals surface area contributed by atoms with Gasteiger partial charge in [0.25, 0.3) is 0 Å². The number of amides is 2. The van der Waals surface area contributed by atoms with E-state index in [4.69, 9.17) is 4.74 Å². The predicted molar refractivity (Wildman–Crippen MR) is 93.8 cm³/mol. The van der Waals surface area contributed by atoms with Gasteiger partial charge in [-0.05, 0) is 31.2 Å². The second kappa shape index (κ2) is 9.26. The van der Waals surface area contributed by atoms with Crippen LogP contribution in [0.2, 0.25) is 0 Å². The molecule has 1 heterocycles. The quantitative estimate of drug-likeness (QED) is 0.671. The summed E-state index contributed by atoms with van der Waals surface area (Å²) in [7, 11) is 0. The average molecular weight is 416 g/mol. The number of ether oxygens (including phenoxy) is 1. The Hall–Kier alpha value is -3.02. The van der Waals surface area contributed by atoms with Crippen LogP contribution in [0.4, 0.5) is 24.0 Å². The van der Waals surface area contributed by atoms with Crippen LogP contribution in [0.1, 0.15) is 35.1 Å². The first kappa shape index (κ1) is 21.3. The van der Waals surface area contributed by atoms with Crippen LogP contribution in [-0.2, 0) is 20.5 Å². The summed E-state index contributed by atoms with van der Waals surface area (Å²) in [6.07, 6.45) is -5.09. The van der Waals surface area contributed by atoms with Crippen LogP contribution < -0.4 is 10.6 Å². The maximum atomic E-state index is 12.4. The minimum atomic E-state index is -4.64. The van der Waals surface area contributed by atoms with E-state index in [2.05, 4.69) is 20.8 Å². The van der Waals surface area contributed by atoms with Crippen molar-refractivity contribution in [3.05, 3.63) is 34.8 Å². The smallest absolute Gasteiger partial charge is 0.445 e. The molecule has 0 bridgehead atoms. The van der Waals surface area contributed by atoms with E-state index in [0.29, 0.717) is 11.3 Å². The predicted octanol–water partition coefficient (Wildman–Crippen LogP) is 3.09. The van der Waals surface area contributed by atoms with E-state index < -0.39 is 29.0 Å². The average Bonchev–Trinajstić information content (AvgIpc) is 3.10. The van der Waals surface area contributed by atoms with Crippen molar-refractivity contribution >= 4 is 39.9 Å². The maximum Gasteiger partial charge on any atom is 0.445 e. The third kappa shape index (κ3) is 6.30. The fourth-order valence-electron chi connectivity index (χ4n) is 1.92. The number of halogens is 3. The second-order valence-corrected chi connectivity index (χ2v) is 6.28. The first-order chi connectivity index (χ1) is 13.2. The molecule has 0 aliphatic rings. The van der Waals surface area contributed by atoms with Gasteiger partial charge in [-0.2, -0.15) is 13.2 Å². The molecule has 0 fully saturated rings. The number of aromatic nitrogens is 2. The Balaban J connectivity index is 1.79. The minimum Gasteiger partial charge on any atom is -0.462 e. The normalized spacial score (nSPS) is 11.0. The van der Waals surface area contributed by atoms with Crippen molar-refractivity contribution in [3.63, 3.8) is 0 Å². The van der Waals surface area contributed by atoms with Gasteiger partial charge in [-0.1, -0.05) is 11.3 Å². The molecule has 1 aromatic heterocycles. The SMILES string of the molecule is CCOC(=O)c1ccc(NC(=O)CCC(=O)Nc2nnc(C(F)(F)F)s2)cc1. The maximum absolute atomic E-state index is 12.4. The van der Waals surface area contributed by atoms with Crippen molar-refractivity contribution in [2.75, 3.05) is 17.2 Å². The van der Waals surface area contributed by atoms with Gasteiger partial charge < -0.3 is 15.4 Å². The third-order valence-corrected chi connectivity index (χ3v) is 4.06. The highest BCUT2D eigenvalue weighted by Gasteiger charge is 2.35. The number of anilines is 2. The molecule has 0 saturated carbocycles. The number of rotatable bonds is 7. The molecule has 0 saturated heterocycles. The zero-order chi connectivity index (χ0) is 20.7. The number of nitrogens with one attached hydrogen (secondary N) is 2. The summed E-state index contributed by atoms with van der Waals surface area (Å²) in [4.78, 5) is 35.1. The minimum absolute atomic E-state index is 0.195. The Bertz CT molecular complexity index is 852. The third-order valence-electron chi connectivity index (χ3n) is 3.17. The molecule has 0 unspecified atom stereocenters. The molecule has 2 rings (SSSR count). The molecule has 150 valence electrons. The summed E-state index contributed by atoms with van der Waals surface area (Å²) >= 11 is 0.195. The lowest BCUT2D eigenvalue weighted by Gasteiger charge is -2.06. The van der Waals surface area contributed by atoms with Crippen molar-refractivity contribution in [2.45, 2.75) is 25.9 Å². The van der Waals surface area contributed by atoms with Gasteiger partial charge in [0.1, 0.15) is 0 Å². The molecule has 2 N–H and O–H groups in total. The Kier molecular flexibility index (Phi) is 7.04. The van der Waals surface area contributed by atoms with Crippen molar-refractivity contribution in [1.29, 1.82) is 0 Å². The number of hydrogen-bond donors (Lipinski definition) is 2. The second-order valence-electron chi connectivity index (χ2n) is 5.30. The van der Waals surface area contributed by atoms with E-state index in [1.54, 1.807) is 6.92 Å². The number of hydrogen-bond acceptors (Lipinski definition) is 7. The molecule has 0 atom stereocenters. The van der Waals surface area contributed by atoms with Gasteiger partial charge in [0, 0.05) is 18.5 Å². The zero-order valence-electron chi connectivity index (χ0n) is 14.5. The molecular formula is C16H15F3N4O4S. The van der Waals surface area contributed by atoms with Crippen LogP contribution in [0.25, 0.3) is 0 Å². The number of nitrogens with zero attached hydrogens (tertiary/aromatic N) is 2. The van der Waals surface area contributed by atoms with Gasteiger partial charge in [0.2, 0.25) is 22.0 Å². The van der Waals surface area contributed by atoms with Gasteiger partial charge >= 0.3 is 12.1 Å². The lowest BCUT2D eigenvalue weighted by Crippen LogP contribution is -2.17. The fraction of sp³-hybridized carbons (Fsp3) is 0.312. The van der Waals surface area contributed by atoms with Gasteiger partial charge in [-0.15, -0.1) is 10.2 Å². The number of esters is 1.